The standard InChI is InChI=1S/C18H24BrF2N5O/c1-5-22-18(24-10-15-11(2)25-26(4)12(15)3)23-9-13-8-14(19)6-7-16(13)27-17(20)21/h6-8,17H,5,9-10H2,1-4H3,(H2,22,23,24). The van der Waals surface area contributed by atoms with Crippen molar-refractivity contribution in [2.75, 3.05) is 6.54 Å². The summed E-state index contributed by atoms with van der Waals surface area (Å²) in [5.41, 5.74) is 3.70. The number of ether oxygens (including phenoxy) is 1. The van der Waals surface area contributed by atoms with Crippen LogP contribution in [-0.4, -0.2) is 28.9 Å². The van der Waals surface area contributed by atoms with Crippen LogP contribution in [0.15, 0.2) is 27.7 Å². The highest BCUT2D eigenvalue weighted by atomic mass is 79.9. The van der Waals surface area contributed by atoms with Crippen LogP contribution in [0, 0.1) is 13.8 Å². The molecule has 2 aromatic rings. The second kappa shape index (κ2) is 9.68. The van der Waals surface area contributed by atoms with Gasteiger partial charge in [-0.3, -0.25) is 4.68 Å². The van der Waals surface area contributed by atoms with Crippen LogP contribution in [0.25, 0.3) is 0 Å². The van der Waals surface area contributed by atoms with Gasteiger partial charge >= 0.3 is 6.61 Å². The van der Waals surface area contributed by atoms with Crippen molar-refractivity contribution >= 4 is 21.9 Å². The Morgan fingerprint density at radius 2 is 2.07 bits per heavy atom. The van der Waals surface area contributed by atoms with Crippen LogP contribution in [0.5, 0.6) is 5.75 Å². The number of nitrogens with one attached hydrogen (secondary N) is 2. The normalized spacial score (nSPS) is 11.8. The highest BCUT2D eigenvalue weighted by Crippen LogP contribution is 2.25. The molecule has 0 saturated carbocycles. The fraction of sp³-hybridized carbons (Fsp3) is 0.444. The number of aliphatic imine (C=N–C) groups is 1. The van der Waals surface area contributed by atoms with Crippen molar-refractivity contribution in [1.82, 2.24) is 20.4 Å². The van der Waals surface area contributed by atoms with E-state index in [1.54, 1.807) is 12.1 Å². The Hall–Kier alpha value is -2.16. The van der Waals surface area contributed by atoms with Crippen LogP contribution in [-0.2, 0) is 20.1 Å². The van der Waals surface area contributed by atoms with Gasteiger partial charge in [0, 0.05) is 41.4 Å². The first-order valence-corrected chi connectivity index (χ1v) is 9.35. The minimum absolute atomic E-state index is 0.117. The predicted octanol–water partition coefficient (Wildman–Crippen LogP) is 3.66. The number of halogens is 3. The van der Waals surface area contributed by atoms with E-state index in [2.05, 4.69) is 41.4 Å². The van der Waals surface area contributed by atoms with E-state index in [0.29, 0.717) is 24.6 Å². The lowest BCUT2D eigenvalue weighted by molar-refractivity contribution is -0.0504. The van der Waals surface area contributed by atoms with Crippen molar-refractivity contribution in [3.05, 3.63) is 45.2 Å². The Morgan fingerprint density at radius 3 is 2.67 bits per heavy atom. The number of alkyl halides is 2. The maximum atomic E-state index is 12.6. The van der Waals surface area contributed by atoms with E-state index in [-0.39, 0.29) is 12.3 Å². The molecule has 9 heteroatoms. The summed E-state index contributed by atoms with van der Waals surface area (Å²) in [5, 5.41) is 10.8. The molecule has 0 bridgehead atoms. The molecule has 0 aliphatic carbocycles. The molecule has 1 aromatic heterocycles. The van der Waals surface area contributed by atoms with Crippen LogP contribution in [0.3, 0.4) is 0 Å². The van der Waals surface area contributed by atoms with Gasteiger partial charge < -0.3 is 15.4 Å². The lowest BCUT2D eigenvalue weighted by Crippen LogP contribution is -2.37. The highest BCUT2D eigenvalue weighted by molar-refractivity contribution is 9.10. The molecule has 0 aliphatic heterocycles. The van der Waals surface area contributed by atoms with Gasteiger partial charge in [-0.15, -0.1) is 0 Å². The zero-order valence-electron chi connectivity index (χ0n) is 15.8. The SMILES string of the molecule is CCNC(=NCc1cc(Br)ccc1OC(F)F)NCc1c(C)nn(C)c1C. The fourth-order valence-corrected chi connectivity index (χ4v) is 3.04. The van der Waals surface area contributed by atoms with Gasteiger partial charge in [0.1, 0.15) is 5.75 Å². The number of hydrogen-bond acceptors (Lipinski definition) is 3. The van der Waals surface area contributed by atoms with E-state index in [1.807, 2.05) is 32.5 Å². The Labute approximate surface area is 166 Å². The van der Waals surface area contributed by atoms with E-state index < -0.39 is 6.61 Å². The van der Waals surface area contributed by atoms with Gasteiger partial charge in [0.2, 0.25) is 0 Å². The van der Waals surface area contributed by atoms with Gasteiger partial charge in [0.25, 0.3) is 0 Å². The minimum atomic E-state index is -2.88. The quantitative estimate of drug-likeness (QED) is 0.506. The van der Waals surface area contributed by atoms with Crippen LogP contribution in [0.2, 0.25) is 0 Å². The lowest BCUT2D eigenvalue weighted by Gasteiger charge is -2.13. The third-order valence-corrected chi connectivity index (χ3v) is 4.58. The molecule has 0 radical (unpaired) electrons. The summed E-state index contributed by atoms with van der Waals surface area (Å²) in [6, 6.07) is 4.88. The molecule has 0 saturated heterocycles. The maximum absolute atomic E-state index is 12.6. The Bertz CT molecular complexity index is 807. The predicted molar refractivity (Wildman–Crippen MR) is 105 cm³/mol. The number of rotatable bonds is 7. The summed E-state index contributed by atoms with van der Waals surface area (Å²) in [6.07, 6.45) is 0. The van der Waals surface area contributed by atoms with E-state index in [1.165, 1.54) is 6.07 Å². The van der Waals surface area contributed by atoms with E-state index in [0.717, 1.165) is 21.4 Å². The van der Waals surface area contributed by atoms with Crippen molar-refractivity contribution < 1.29 is 13.5 Å². The average Bonchev–Trinajstić information content (AvgIpc) is 2.84. The van der Waals surface area contributed by atoms with Crippen LogP contribution < -0.4 is 15.4 Å². The number of benzene rings is 1. The highest BCUT2D eigenvalue weighted by Gasteiger charge is 2.12. The Morgan fingerprint density at radius 1 is 1.33 bits per heavy atom. The molecule has 0 aliphatic rings. The molecule has 0 atom stereocenters. The van der Waals surface area contributed by atoms with Crippen LogP contribution in [0.1, 0.15) is 29.4 Å². The maximum Gasteiger partial charge on any atom is 0.387 e. The first-order chi connectivity index (χ1) is 12.8. The molecule has 0 amide bonds. The average molecular weight is 444 g/mol. The number of aromatic nitrogens is 2. The first kappa shape index (κ1) is 21.1. The first-order valence-electron chi connectivity index (χ1n) is 8.56. The van der Waals surface area contributed by atoms with Crippen molar-refractivity contribution in [1.29, 1.82) is 0 Å². The van der Waals surface area contributed by atoms with Gasteiger partial charge in [-0.25, -0.2) is 4.99 Å². The second-order valence-electron chi connectivity index (χ2n) is 5.95. The van der Waals surface area contributed by atoms with E-state index in [4.69, 9.17) is 0 Å². The van der Waals surface area contributed by atoms with Crippen LogP contribution in [0.4, 0.5) is 8.78 Å². The van der Waals surface area contributed by atoms with Gasteiger partial charge in [0.05, 0.1) is 12.2 Å². The molecule has 1 heterocycles. The molecule has 2 rings (SSSR count). The van der Waals surface area contributed by atoms with Crippen molar-refractivity contribution in [3.63, 3.8) is 0 Å². The molecule has 1 aromatic carbocycles. The van der Waals surface area contributed by atoms with Crippen molar-refractivity contribution in [2.24, 2.45) is 12.0 Å². The largest absolute Gasteiger partial charge is 0.434 e. The molecule has 148 valence electrons. The summed E-state index contributed by atoms with van der Waals surface area (Å²) in [4.78, 5) is 4.50. The van der Waals surface area contributed by atoms with E-state index in [9.17, 15) is 8.78 Å². The fourth-order valence-electron chi connectivity index (χ4n) is 2.63. The van der Waals surface area contributed by atoms with E-state index >= 15 is 0 Å². The summed E-state index contributed by atoms with van der Waals surface area (Å²) in [5.74, 6) is 0.704. The monoisotopic (exact) mass is 443 g/mol. The minimum Gasteiger partial charge on any atom is -0.434 e. The molecule has 0 fully saturated rings. The smallest absolute Gasteiger partial charge is 0.387 e. The summed E-state index contributed by atoms with van der Waals surface area (Å²) in [6.45, 7) is 4.49. The zero-order chi connectivity index (χ0) is 20.0. The zero-order valence-corrected chi connectivity index (χ0v) is 17.4. The molecular formula is C18H24BrF2N5O. The van der Waals surface area contributed by atoms with Gasteiger partial charge in [0.15, 0.2) is 5.96 Å². The molecule has 6 nitrogen and oxygen atoms in total. The summed E-state index contributed by atoms with van der Waals surface area (Å²) >= 11 is 3.35. The molecule has 2 N–H and O–H groups in total. The van der Waals surface area contributed by atoms with Gasteiger partial charge in [-0.1, -0.05) is 15.9 Å². The Balaban J connectivity index is 2.14. The molecular weight excluding hydrogens is 420 g/mol. The third-order valence-electron chi connectivity index (χ3n) is 4.08. The number of guanidine groups is 1. The summed E-state index contributed by atoms with van der Waals surface area (Å²) < 4.78 is 32.4. The van der Waals surface area contributed by atoms with Crippen molar-refractivity contribution in [3.8, 4) is 5.75 Å². The number of hydrogen-bond donors (Lipinski definition) is 2. The number of aryl methyl sites for hydroxylation is 2. The summed E-state index contributed by atoms with van der Waals surface area (Å²) in [7, 11) is 1.91. The van der Waals surface area contributed by atoms with Crippen LogP contribution >= 0.6 is 15.9 Å². The molecule has 0 spiro atoms. The number of nitrogens with zero attached hydrogens (tertiary/aromatic N) is 3. The molecule has 0 unspecified atom stereocenters. The lowest BCUT2D eigenvalue weighted by atomic mass is 10.2. The molecule has 27 heavy (non-hydrogen) atoms. The third kappa shape index (κ3) is 5.92. The van der Waals surface area contributed by atoms with Gasteiger partial charge in [-0.05, 0) is 39.0 Å². The Kier molecular flexibility index (Phi) is 7.58. The van der Waals surface area contributed by atoms with Crippen molar-refractivity contribution in [2.45, 2.75) is 40.5 Å². The second-order valence-corrected chi connectivity index (χ2v) is 6.87. The topological polar surface area (TPSA) is 63.5 Å². The van der Waals surface area contributed by atoms with Gasteiger partial charge in [-0.2, -0.15) is 13.9 Å².